The van der Waals surface area contributed by atoms with E-state index in [1.165, 1.54) is 0 Å². The highest BCUT2D eigenvalue weighted by Gasteiger charge is 2.34. The van der Waals surface area contributed by atoms with Crippen molar-refractivity contribution in [2.75, 3.05) is 45.2 Å². The zero-order valence-electron chi connectivity index (χ0n) is 20.2. The standard InChI is InChI=1S/C29H31N3O3/c1-3-31-17-19-32(20-18-31)27(23-14-8-9-15-24(23)34-2)28-26(22-13-7-10-16-25(22)35-28)30-29(33)21-11-5-4-6-12-21/h4-16,27H,3,17-20H2,1-2H3,(H,30,33)/t27-/m0/s1. The van der Waals surface area contributed by atoms with Crippen molar-refractivity contribution in [1.29, 1.82) is 0 Å². The number of rotatable bonds is 7. The molecule has 0 saturated carbocycles. The number of anilines is 1. The second kappa shape index (κ2) is 10.3. The quantitative estimate of drug-likeness (QED) is 0.392. The highest BCUT2D eigenvalue weighted by molar-refractivity contribution is 6.09. The van der Waals surface area contributed by atoms with Crippen molar-refractivity contribution < 1.29 is 13.9 Å². The molecule has 6 nitrogen and oxygen atoms in total. The number of ether oxygens (including phenoxy) is 1. The van der Waals surface area contributed by atoms with Crippen LogP contribution in [0, 0.1) is 0 Å². The zero-order chi connectivity index (χ0) is 24.2. The van der Waals surface area contributed by atoms with E-state index in [0.717, 1.165) is 60.8 Å². The van der Waals surface area contributed by atoms with Gasteiger partial charge in [0.15, 0.2) is 5.76 Å². The Morgan fingerprint density at radius 3 is 2.37 bits per heavy atom. The molecule has 2 heterocycles. The molecule has 3 aromatic carbocycles. The van der Waals surface area contributed by atoms with Crippen LogP contribution in [0.4, 0.5) is 5.69 Å². The Kier molecular flexibility index (Phi) is 6.84. The summed E-state index contributed by atoms with van der Waals surface area (Å²) in [6.45, 7) is 6.97. The molecule has 180 valence electrons. The fourth-order valence-corrected chi connectivity index (χ4v) is 4.89. The molecule has 0 aliphatic carbocycles. The summed E-state index contributed by atoms with van der Waals surface area (Å²) in [4.78, 5) is 18.1. The SMILES string of the molecule is CCN1CCN([C@@H](c2ccccc2OC)c2oc3ccccc3c2NC(=O)c2ccccc2)CC1. The van der Waals surface area contributed by atoms with E-state index < -0.39 is 0 Å². The maximum absolute atomic E-state index is 13.3. The molecule has 0 radical (unpaired) electrons. The number of nitrogens with one attached hydrogen (secondary N) is 1. The number of nitrogens with zero attached hydrogens (tertiary/aromatic N) is 2. The second-order valence-electron chi connectivity index (χ2n) is 8.77. The van der Waals surface area contributed by atoms with Gasteiger partial charge in [0.1, 0.15) is 11.3 Å². The Morgan fingerprint density at radius 2 is 1.63 bits per heavy atom. The second-order valence-corrected chi connectivity index (χ2v) is 8.77. The third-order valence-electron chi connectivity index (χ3n) is 6.80. The van der Waals surface area contributed by atoms with Gasteiger partial charge in [-0.25, -0.2) is 0 Å². The molecular weight excluding hydrogens is 438 g/mol. The monoisotopic (exact) mass is 469 g/mol. The summed E-state index contributed by atoms with van der Waals surface area (Å²) >= 11 is 0. The first-order valence-corrected chi connectivity index (χ1v) is 12.2. The number of furan rings is 1. The average molecular weight is 470 g/mol. The van der Waals surface area contributed by atoms with E-state index in [2.05, 4.69) is 28.1 Å². The Bertz CT molecular complexity index is 1290. The topological polar surface area (TPSA) is 58.0 Å². The maximum atomic E-state index is 13.3. The molecule has 0 bridgehead atoms. The van der Waals surface area contributed by atoms with Crippen molar-refractivity contribution in [2.45, 2.75) is 13.0 Å². The van der Waals surface area contributed by atoms with Gasteiger partial charge in [-0.15, -0.1) is 0 Å². The summed E-state index contributed by atoms with van der Waals surface area (Å²) in [6.07, 6.45) is 0. The van der Waals surface area contributed by atoms with Crippen LogP contribution in [0.1, 0.15) is 34.6 Å². The summed E-state index contributed by atoms with van der Waals surface area (Å²) in [6, 6.07) is 25.0. The first-order valence-electron chi connectivity index (χ1n) is 12.2. The Morgan fingerprint density at radius 1 is 0.943 bits per heavy atom. The minimum absolute atomic E-state index is 0.159. The number of likely N-dealkylation sites (N-methyl/N-ethyl adjacent to an activating group) is 1. The molecule has 1 saturated heterocycles. The molecule has 1 fully saturated rings. The number of fused-ring (bicyclic) bond motifs is 1. The van der Waals surface area contributed by atoms with Gasteiger partial charge >= 0.3 is 0 Å². The van der Waals surface area contributed by atoms with Crippen molar-refractivity contribution in [3.63, 3.8) is 0 Å². The first-order chi connectivity index (χ1) is 17.2. The van der Waals surface area contributed by atoms with Crippen LogP contribution < -0.4 is 10.1 Å². The van der Waals surface area contributed by atoms with E-state index in [9.17, 15) is 4.79 Å². The van der Waals surface area contributed by atoms with Crippen molar-refractivity contribution in [1.82, 2.24) is 9.80 Å². The third-order valence-corrected chi connectivity index (χ3v) is 6.80. The van der Waals surface area contributed by atoms with Gasteiger partial charge in [0.25, 0.3) is 5.91 Å². The van der Waals surface area contributed by atoms with Crippen LogP contribution >= 0.6 is 0 Å². The molecule has 0 spiro atoms. The van der Waals surface area contributed by atoms with Crippen molar-refractivity contribution >= 4 is 22.6 Å². The molecule has 1 N–H and O–H groups in total. The normalized spacial score (nSPS) is 15.7. The van der Waals surface area contributed by atoms with Crippen LogP contribution in [0.25, 0.3) is 11.0 Å². The smallest absolute Gasteiger partial charge is 0.255 e. The lowest BCUT2D eigenvalue weighted by molar-refractivity contribution is 0.101. The van der Waals surface area contributed by atoms with Gasteiger partial charge in [0, 0.05) is 42.7 Å². The number of amides is 1. The minimum Gasteiger partial charge on any atom is -0.496 e. The molecular formula is C29H31N3O3. The number of carbonyl (C=O) groups excluding carboxylic acids is 1. The van der Waals surface area contributed by atoms with E-state index in [1.807, 2.05) is 72.8 Å². The van der Waals surface area contributed by atoms with Gasteiger partial charge in [0.2, 0.25) is 0 Å². The van der Waals surface area contributed by atoms with Crippen molar-refractivity contribution in [3.05, 3.63) is 95.7 Å². The lowest BCUT2D eigenvalue weighted by Crippen LogP contribution is -2.47. The number of carbonyl (C=O) groups is 1. The van der Waals surface area contributed by atoms with Gasteiger partial charge in [-0.3, -0.25) is 9.69 Å². The van der Waals surface area contributed by atoms with Crippen molar-refractivity contribution in [3.8, 4) is 5.75 Å². The number of benzene rings is 3. The van der Waals surface area contributed by atoms with Crippen LogP contribution in [-0.4, -0.2) is 55.5 Å². The first kappa shape index (κ1) is 23.1. The van der Waals surface area contributed by atoms with E-state index in [0.29, 0.717) is 11.3 Å². The van der Waals surface area contributed by atoms with E-state index in [4.69, 9.17) is 9.15 Å². The number of para-hydroxylation sites is 2. The Balaban J connectivity index is 1.63. The van der Waals surface area contributed by atoms with Crippen LogP contribution in [0.5, 0.6) is 5.75 Å². The van der Waals surface area contributed by atoms with Crippen LogP contribution in [0.2, 0.25) is 0 Å². The molecule has 1 aliphatic heterocycles. The molecule has 35 heavy (non-hydrogen) atoms. The maximum Gasteiger partial charge on any atom is 0.255 e. The molecule has 1 amide bonds. The van der Waals surface area contributed by atoms with Crippen molar-refractivity contribution in [2.24, 2.45) is 0 Å². The van der Waals surface area contributed by atoms with Gasteiger partial charge in [0.05, 0.1) is 18.8 Å². The molecule has 6 heteroatoms. The third kappa shape index (κ3) is 4.67. The lowest BCUT2D eigenvalue weighted by atomic mass is 9.98. The zero-order valence-corrected chi connectivity index (χ0v) is 20.2. The van der Waals surface area contributed by atoms with Gasteiger partial charge in [-0.2, -0.15) is 0 Å². The van der Waals surface area contributed by atoms with Gasteiger partial charge < -0.3 is 19.4 Å². The molecule has 1 aromatic heterocycles. The Labute approximate surface area is 206 Å². The summed E-state index contributed by atoms with van der Waals surface area (Å²) in [5.74, 6) is 1.37. The lowest BCUT2D eigenvalue weighted by Gasteiger charge is -2.39. The molecule has 1 aliphatic rings. The number of hydrogen-bond donors (Lipinski definition) is 1. The fourth-order valence-electron chi connectivity index (χ4n) is 4.89. The van der Waals surface area contributed by atoms with Crippen LogP contribution in [-0.2, 0) is 0 Å². The summed E-state index contributed by atoms with van der Waals surface area (Å²) < 4.78 is 12.3. The fraction of sp³-hybridized carbons (Fsp3) is 0.276. The van der Waals surface area contributed by atoms with Crippen LogP contribution in [0.3, 0.4) is 0 Å². The molecule has 4 aromatic rings. The Hall–Kier alpha value is -3.61. The largest absolute Gasteiger partial charge is 0.496 e. The molecule has 5 rings (SSSR count). The predicted octanol–water partition coefficient (Wildman–Crippen LogP) is 5.42. The van der Waals surface area contributed by atoms with Crippen LogP contribution in [0.15, 0.2) is 83.3 Å². The van der Waals surface area contributed by atoms with E-state index in [-0.39, 0.29) is 11.9 Å². The molecule has 0 unspecified atom stereocenters. The van der Waals surface area contributed by atoms with E-state index >= 15 is 0 Å². The highest BCUT2D eigenvalue weighted by atomic mass is 16.5. The summed E-state index contributed by atoms with van der Waals surface area (Å²) in [5.41, 5.74) is 3.09. The highest BCUT2D eigenvalue weighted by Crippen LogP contribution is 2.43. The van der Waals surface area contributed by atoms with Gasteiger partial charge in [-0.05, 0) is 36.9 Å². The predicted molar refractivity (Wildman–Crippen MR) is 139 cm³/mol. The molecule has 1 atom stereocenters. The van der Waals surface area contributed by atoms with Gasteiger partial charge in [-0.1, -0.05) is 55.5 Å². The number of piperazine rings is 1. The average Bonchev–Trinajstić information content (AvgIpc) is 3.27. The summed E-state index contributed by atoms with van der Waals surface area (Å²) in [7, 11) is 1.70. The minimum atomic E-state index is -0.205. The van der Waals surface area contributed by atoms with E-state index in [1.54, 1.807) is 7.11 Å². The number of hydrogen-bond acceptors (Lipinski definition) is 5. The summed E-state index contributed by atoms with van der Waals surface area (Å²) in [5, 5.41) is 4.07. The number of methoxy groups -OCH3 is 1.